The third-order valence-corrected chi connectivity index (χ3v) is 4.98. The summed E-state index contributed by atoms with van der Waals surface area (Å²) in [7, 11) is -3.48. The first-order valence-corrected chi connectivity index (χ1v) is 8.68. The Bertz CT molecular complexity index is 885. The van der Waals surface area contributed by atoms with Gasteiger partial charge in [0.15, 0.2) is 0 Å². The van der Waals surface area contributed by atoms with Crippen LogP contribution in [0.4, 0.5) is 0 Å². The topological polar surface area (TPSA) is 64.0 Å². The van der Waals surface area contributed by atoms with Gasteiger partial charge in [-0.3, -0.25) is 0 Å². The first-order chi connectivity index (χ1) is 11.1. The minimum absolute atomic E-state index is 0.250. The third kappa shape index (κ3) is 3.49. The second kappa shape index (κ2) is 6.36. The molecule has 0 saturated heterocycles. The molecule has 0 radical (unpaired) electrons. The van der Waals surface area contributed by atoms with Crippen LogP contribution >= 0.6 is 0 Å². The number of rotatable bonds is 5. The van der Waals surface area contributed by atoms with E-state index in [1.807, 2.05) is 42.0 Å². The summed E-state index contributed by atoms with van der Waals surface area (Å²) in [5, 5.41) is 0. The molecular weight excluding hydrogens is 310 g/mol. The zero-order valence-electron chi connectivity index (χ0n) is 12.7. The lowest BCUT2D eigenvalue weighted by Crippen LogP contribution is -2.23. The molecule has 1 heterocycles. The Labute approximate surface area is 135 Å². The maximum atomic E-state index is 12.2. The highest BCUT2D eigenvalue weighted by atomic mass is 32.2. The van der Waals surface area contributed by atoms with Crippen LogP contribution in [0.3, 0.4) is 0 Å². The van der Waals surface area contributed by atoms with Gasteiger partial charge in [0.2, 0.25) is 10.0 Å². The number of nitrogens with one attached hydrogen (secondary N) is 1. The summed E-state index contributed by atoms with van der Waals surface area (Å²) in [6.45, 7) is 2.18. The quantitative estimate of drug-likeness (QED) is 0.783. The van der Waals surface area contributed by atoms with E-state index in [9.17, 15) is 8.42 Å². The molecule has 0 saturated carbocycles. The number of imidazole rings is 1. The maximum absolute atomic E-state index is 12.2. The van der Waals surface area contributed by atoms with Crippen molar-refractivity contribution in [3.05, 3.63) is 78.4 Å². The van der Waals surface area contributed by atoms with Crippen molar-refractivity contribution >= 4 is 10.0 Å². The molecule has 0 spiro atoms. The van der Waals surface area contributed by atoms with Gasteiger partial charge in [0.05, 0.1) is 4.90 Å². The van der Waals surface area contributed by atoms with E-state index >= 15 is 0 Å². The number of hydrogen-bond acceptors (Lipinski definition) is 3. The highest BCUT2D eigenvalue weighted by Crippen LogP contribution is 2.13. The monoisotopic (exact) mass is 327 g/mol. The molecule has 1 N–H and O–H groups in total. The van der Waals surface area contributed by atoms with Gasteiger partial charge in [-0.1, -0.05) is 30.3 Å². The largest absolute Gasteiger partial charge is 0.304 e. The lowest BCUT2D eigenvalue weighted by molar-refractivity contribution is 0.581. The first-order valence-electron chi connectivity index (χ1n) is 7.20. The molecule has 23 heavy (non-hydrogen) atoms. The molecule has 0 aliphatic rings. The second-order valence-electron chi connectivity index (χ2n) is 5.15. The molecule has 1 aromatic heterocycles. The highest BCUT2D eigenvalue weighted by molar-refractivity contribution is 7.89. The van der Waals surface area contributed by atoms with Gasteiger partial charge >= 0.3 is 0 Å². The number of nitrogens with zero attached hydrogens (tertiary/aromatic N) is 2. The summed E-state index contributed by atoms with van der Waals surface area (Å²) in [6.07, 6.45) is 3.64. The molecule has 2 aromatic carbocycles. The minimum Gasteiger partial charge on any atom is -0.304 e. The van der Waals surface area contributed by atoms with Gasteiger partial charge in [0, 0.05) is 24.6 Å². The molecule has 0 atom stereocenters. The number of sulfonamides is 1. The smallest absolute Gasteiger partial charge is 0.240 e. The SMILES string of the molecule is Cc1nccn1-c1ccc(CNS(=O)(=O)c2ccccc2)cc1. The van der Waals surface area contributed by atoms with Gasteiger partial charge < -0.3 is 4.57 Å². The second-order valence-corrected chi connectivity index (χ2v) is 6.92. The van der Waals surface area contributed by atoms with Crippen LogP contribution in [0.2, 0.25) is 0 Å². The maximum Gasteiger partial charge on any atom is 0.240 e. The van der Waals surface area contributed by atoms with Crippen molar-refractivity contribution in [2.24, 2.45) is 0 Å². The predicted octanol–water partition coefficient (Wildman–Crippen LogP) is 2.66. The van der Waals surface area contributed by atoms with E-state index < -0.39 is 10.0 Å². The molecule has 118 valence electrons. The predicted molar refractivity (Wildman–Crippen MR) is 88.8 cm³/mol. The van der Waals surface area contributed by atoms with Crippen LogP contribution in [0.15, 0.2) is 71.9 Å². The molecule has 6 heteroatoms. The van der Waals surface area contributed by atoms with Gasteiger partial charge in [0.1, 0.15) is 5.82 Å². The number of aryl methyl sites for hydroxylation is 1. The summed E-state index contributed by atoms with van der Waals surface area (Å²) in [6, 6.07) is 16.1. The zero-order valence-corrected chi connectivity index (χ0v) is 13.5. The van der Waals surface area contributed by atoms with Crippen LogP contribution in [0.1, 0.15) is 11.4 Å². The fraction of sp³-hybridized carbons (Fsp3) is 0.118. The molecule has 3 rings (SSSR count). The number of benzene rings is 2. The van der Waals surface area contributed by atoms with Crippen LogP contribution in [0.25, 0.3) is 5.69 Å². The zero-order chi connectivity index (χ0) is 16.3. The molecule has 0 amide bonds. The van der Waals surface area contributed by atoms with E-state index in [1.165, 1.54) is 0 Å². The van der Waals surface area contributed by atoms with Crippen molar-refractivity contribution in [3.63, 3.8) is 0 Å². The molecule has 3 aromatic rings. The summed E-state index contributed by atoms with van der Waals surface area (Å²) in [5.74, 6) is 0.905. The molecule has 5 nitrogen and oxygen atoms in total. The van der Waals surface area contributed by atoms with Crippen molar-refractivity contribution in [3.8, 4) is 5.69 Å². The molecule has 0 aliphatic heterocycles. The third-order valence-electron chi connectivity index (χ3n) is 3.56. The Kier molecular flexibility index (Phi) is 4.27. The standard InChI is InChI=1S/C17H17N3O2S/c1-14-18-11-12-20(14)16-9-7-15(8-10-16)13-19-23(21,22)17-5-3-2-4-6-17/h2-12,19H,13H2,1H3. The lowest BCUT2D eigenvalue weighted by Gasteiger charge is -2.09. The number of hydrogen-bond donors (Lipinski definition) is 1. The summed E-state index contributed by atoms with van der Waals surface area (Å²) in [5.41, 5.74) is 1.89. The summed E-state index contributed by atoms with van der Waals surface area (Å²) >= 11 is 0. The molecule has 0 unspecified atom stereocenters. The van der Waals surface area contributed by atoms with Crippen molar-refractivity contribution < 1.29 is 8.42 Å². The first kappa shape index (κ1) is 15.5. The Balaban J connectivity index is 1.71. The summed E-state index contributed by atoms with van der Waals surface area (Å²) < 4.78 is 28.9. The van der Waals surface area contributed by atoms with Gasteiger partial charge in [-0.25, -0.2) is 18.1 Å². The van der Waals surface area contributed by atoms with E-state index in [-0.39, 0.29) is 11.4 Å². The van der Waals surface area contributed by atoms with Crippen LogP contribution in [-0.4, -0.2) is 18.0 Å². The van der Waals surface area contributed by atoms with Gasteiger partial charge in [0.25, 0.3) is 0 Å². The Morgan fingerprint density at radius 2 is 1.74 bits per heavy atom. The Morgan fingerprint density at radius 3 is 2.35 bits per heavy atom. The average Bonchev–Trinajstić information content (AvgIpc) is 3.00. The summed E-state index contributed by atoms with van der Waals surface area (Å²) in [4.78, 5) is 4.46. The average molecular weight is 327 g/mol. The van der Waals surface area contributed by atoms with E-state index in [0.717, 1.165) is 17.1 Å². The van der Waals surface area contributed by atoms with Gasteiger partial charge in [-0.15, -0.1) is 0 Å². The lowest BCUT2D eigenvalue weighted by atomic mass is 10.2. The van der Waals surface area contributed by atoms with E-state index in [0.29, 0.717) is 0 Å². The van der Waals surface area contributed by atoms with Crippen molar-refractivity contribution in [2.75, 3.05) is 0 Å². The van der Waals surface area contributed by atoms with Crippen molar-refractivity contribution in [1.29, 1.82) is 0 Å². The Hall–Kier alpha value is -2.44. The normalized spacial score (nSPS) is 11.5. The molecule has 0 bridgehead atoms. The van der Waals surface area contributed by atoms with Crippen LogP contribution in [0, 0.1) is 6.92 Å². The fourth-order valence-corrected chi connectivity index (χ4v) is 3.33. The van der Waals surface area contributed by atoms with E-state index in [1.54, 1.807) is 36.5 Å². The van der Waals surface area contributed by atoms with Gasteiger partial charge in [-0.05, 0) is 36.8 Å². The Morgan fingerprint density at radius 1 is 1.04 bits per heavy atom. The van der Waals surface area contributed by atoms with Gasteiger partial charge in [-0.2, -0.15) is 0 Å². The highest BCUT2D eigenvalue weighted by Gasteiger charge is 2.12. The van der Waals surface area contributed by atoms with E-state index in [2.05, 4.69) is 9.71 Å². The molecule has 0 fully saturated rings. The van der Waals surface area contributed by atoms with Crippen molar-refractivity contribution in [2.45, 2.75) is 18.4 Å². The molecule has 0 aliphatic carbocycles. The fourth-order valence-electron chi connectivity index (χ4n) is 2.29. The van der Waals surface area contributed by atoms with Crippen LogP contribution in [0.5, 0.6) is 0 Å². The van der Waals surface area contributed by atoms with Crippen molar-refractivity contribution in [1.82, 2.24) is 14.3 Å². The molecular formula is C17H17N3O2S. The minimum atomic E-state index is -3.48. The van der Waals surface area contributed by atoms with Crippen LogP contribution in [-0.2, 0) is 16.6 Å². The van der Waals surface area contributed by atoms with E-state index in [4.69, 9.17) is 0 Å². The van der Waals surface area contributed by atoms with Crippen LogP contribution < -0.4 is 4.72 Å². The number of aromatic nitrogens is 2.